The van der Waals surface area contributed by atoms with Crippen molar-refractivity contribution in [3.63, 3.8) is 0 Å². The van der Waals surface area contributed by atoms with Gasteiger partial charge in [0.25, 0.3) is 0 Å². The average molecular weight is 265 g/mol. The number of H-pyrrole nitrogens is 1. The van der Waals surface area contributed by atoms with Gasteiger partial charge >= 0.3 is 0 Å². The van der Waals surface area contributed by atoms with E-state index in [-0.39, 0.29) is 0 Å². The molecule has 3 rings (SSSR count). The average Bonchev–Trinajstić information content (AvgIpc) is 2.91. The van der Waals surface area contributed by atoms with Gasteiger partial charge in [-0.1, -0.05) is 48.5 Å². The summed E-state index contributed by atoms with van der Waals surface area (Å²) in [6.07, 6.45) is 4.22. The molecule has 0 aliphatic heterocycles. The van der Waals surface area contributed by atoms with Crippen molar-refractivity contribution in [3.8, 4) is 0 Å². The summed E-state index contributed by atoms with van der Waals surface area (Å²) in [5, 5.41) is 1.33. The second-order valence-corrected chi connectivity index (χ2v) is 5.00. The maximum Gasteiger partial charge on any atom is 0.0716 e. The molecule has 0 saturated carbocycles. The Bertz CT molecular complexity index is 657. The van der Waals surface area contributed by atoms with Crippen molar-refractivity contribution in [2.75, 3.05) is 6.61 Å². The molecule has 0 amide bonds. The van der Waals surface area contributed by atoms with Crippen molar-refractivity contribution in [1.29, 1.82) is 0 Å². The van der Waals surface area contributed by atoms with Gasteiger partial charge in [-0.05, 0) is 30.0 Å². The number of aromatic amines is 1. The van der Waals surface area contributed by atoms with E-state index in [9.17, 15) is 0 Å². The fourth-order valence-electron chi connectivity index (χ4n) is 2.47. The summed E-state index contributed by atoms with van der Waals surface area (Å²) in [6, 6.07) is 18.8. The Morgan fingerprint density at radius 3 is 2.60 bits per heavy atom. The van der Waals surface area contributed by atoms with Gasteiger partial charge in [0.1, 0.15) is 0 Å². The zero-order valence-electron chi connectivity index (χ0n) is 11.5. The Hall–Kier alpha value is -2.06. The number of ether oxygens (including phenoxy) is 1. The number of nitrogens with one attached hydrogen (secondary N) is 1. The van der Waals surface area contributed by atoms with Crippen LogP contribution >= 0.6 is 0 Å². The van der Waals surface area contributed by atoms with E-state index in [2.05, 4.69) is 47.6 Å². The van der Waals surface area contributed by atoms with Crippen LogP contribution in [0.15, 0.2) is 60.8 Å². The first kappa shape index (κ1) is 12.9. The van der Waals surface area contributed by atoms with Crippen LogP contribution in [0, 0.1) is 0 Å². The molecule has 0 radical (unpaired) electrons. The molecule has 2 heteroatoms. The Labute approximate surface area is 119 Å². The standard InChI is InChI=1S/C18H19NO/c1-2-7-15(8-3-1)14-20-12-6-9-16-13-19-18-11-5-4-10-17(16)18/h1-5,7-8,10-11,13,19H,6,9,12,14H2. The van der Waals surface area contributed by atoms with Crippen molar-refractivity contribution in [3.05, 3.63) is 71.9 Å². The molecule has 3 aromatic rings. The van der Waals surface area contributed by atoms with E-state index in [1.165, 1.54) is 22.0 Å². The second kappa shape index (κ2) is 6.40. The summed E-state index contributed by atoms with van der Waals surface area (Å²) in [4.78, 5) is 3.31. The molecular weight excluding hydrogens is 246 g/mol. The van der Waals surface area contributed by atoms with Crippen molar-refractivity contribution < 1.29 is 4.74 Å². The second-order valence-electron chi connectivity index (χ2n) is 5.00. The SMILES string of the molecule is c1ccc(COCCCc2c[nH]c3ccccc23)cc1. The maximum absolute atomic E-state index is 5.72. The van der Waals surface area contributed by atoms with Gasteiger partial charge in [-0.3, -0.25) is 0 Å². The smallest absolute Gasteiger partial charge is 0.0716 e. The number of benzene rings is 2. The highest BCUT2D eigenvalue weighted by Crippen LogP contribution is 2.18. The topological polar surface area (TPSA) is 25.0 Å². The Kier molecular flexibility index (Phi) is 4.14. The third-order valence-electron chi connectivity index (χ3n) is 3.52. The first-order valence-corrected chi connectivity index (χ1v) is 7.10. The number of hydrogen-bond acceptors (Lipinski definition) is 1. The molecule has 0 aliphatic carbocycles. The molecule has 0 fully saturated rings. The number of rotatable bonds is 6. The minimum Gasteiger partial charge on any atom is -0.377 e. The van der Waals surface area contributed by atoms with Gasteiger partial charge in [0, 0.05) is 23.7 Å². The van der Waals surface area contributed by atoms with Crippen molar-refractivity contribution >= 4 is 10.9 Å². The summed E-state index contributed by atoms with van der Waals surface area (Å²) < 4.78 is 5.72. The van der Waals surface area contributed by atoms with Crippen molar-refractivity contribution in [1.82, 2.24) is 4.98 Å². The van der Waals surface area contributed by atoms with Crippen LogP contribution in [0.4, 0.5) is 0 Å². The van der Waals surface area contributed by atoms with Gasteiger partial charge in [0.15, 0.2) is 0 Å². The Morgan fingerprint density at radius 1 is 0.900 bits per heavy atom. The van der Waals surface area contributed by atoms with E-state index < -0.39 is 0 Å². The van der Waals surface area contributed by atoms with Crippen LogP contribution in [0.1, 0.15) is 17.5 Å². The molecule has 0 saturated heterocycles. The number of hydrogen-bond donors (Lipinski definition) is 1. The molecule has 1 aromatic heterocycles. The Morgan fingerprint density at radius 2 is 1.70 bits per heavy atom. The van der Waals surface area contributed by atoms with Gasteiger partial charge in [-0.2, -0.15) is 0 Å². The van der Waals surface area contributed by atoms with Crippen LogP contribution in [0.2, 0.25) is 0 Å². The molecule has 0 bridgehead atoms. The molecule has 0 unspecified atom stereocenters. The minimum atomic E-state index is 0.703. The molecule has 20 heavy (non-hydrogen) atoms. The lowest BCUT2D eigenvalue weighted by atomic mass is 10.1. The quantitative estimate of drug-likeness (QED) is 0.660. The van der Waals surface area contributed by atoms with Gasteiger partial charge in [0.05, 0.1) is 6.61 Å². The number of aromatic nitrogens is 1. The molecular formula is C18H19NO. The summed E-state index contributed by atoms with van der Waals surface area (Å²) in [5.74, 6) is 0. The van der Waals surface area contributed by atoms with Gasteiger partial charge in [0.2, 0.25) is 0 Å². The summed E-state index contributed by atoms with van der Waals surface area (Å²) in [7, 11) is 0. The molecule has 1 N–H and O–H groups in total. The van der Waals surface area contributed by atoms with E-state index in [1.54, 1.807) is 0 Å². The zero-order chi connectivity index (χ0) is 13.6. The third kappa shape index (κ3) is 3.09. The molecule has 1 heterocycles. The third-order valence-corrected chi connectivity index (χ3v) is 3.52. The lowest BCUT2D eigenvalue weighted by Gasteiger charge is -2.04. The normalized spacial score (nSPS) is 11.0. The van der Waals surface area contributed by atoms with E-state index in [0.29, 0.717) is 6.61 Å². The highest BCUT2D eigenvalue weighted by molar-refractivity contribution is 5.82. The fourth-order valence-corrected chi connectivity index (χ4v) is 2.47. The highest BCUT2D eigenvalue weighted by Gasteiger charge is 2.02. The molecule has 0 atom stereocenters. The van der Waals surface area contributed by atoms with Crippen LogP contribution in [-0.4, -0.2) is 11.6 Å². The van der Waals surface area contributed by atoms with Crippen LogP contribution in [-0.2, 0) is 17.8 Å². The largest absolute Gasteiger partial charge is 0.377 e. The van der Waals surface area contributed by atoms with E-state index >= 15 is 0 Å². The lowest BCUT2D eigenvalue weighted by molar-refractivity contribution is 0.119. The van der Waals surface area contributed by atoms with Crippen LogP contribution < -0.4 is 0 Å². The molecule has 102 valence electrons. The van der Waals surface area contributed by atoms with E-state index in [1.807, 2.05) is 18.2 Å². The molecule has 0 aliphatic rings. The van der Waals surface area contributed by atoms with E-state index in [4.69, 9.17) is 4.74 Å². The fraction of sp³-hybridized carbons (Fsp3) is 0.222. The number of fused-ring (bicyclic) bond motifs is 1. The predicted molar refractivity (Wildman–Crippen MR) is 82.7 cm³/mol. The minimum absolute atomic E-state index is 0.703. The summed E-state index contributed by atoms with van der Waals surface area (Å²) >= 11 is 0. The number of aryl methyl sites for hydroxylation is 1. The van der Waals surface area contributed by atoms with Crippen molar-refractivity contribution in [2.45, 2.75) is 19.4 Å². The number of para-hydroxylation sites is 1. The highest BCUT2D eigenvalue weighted by atomic mass is 16.5. The Balaban J connectivity index is 1.46. The summed E-state index contributed by atoms with van der Waals surface area (Å²) in [5.41, 5.74) is 3.83. The molecule has 2 nitrogen and oxygen atoms in total. The van der Waals surface area contributed by atoms with Gasteiger partial charge in [-0.25, -0.2) is 0 Å². The predicted octanol–water partition coefficient (Wildman–Crippen LogP) is 4.32. The van der Waals surface area contributed by atoms with Crippen LogP contribution in [0.3, 0.4) is 0 Å². The molecule has 2 aromatic carbocycles. The van der Waals surface area contributed by atoms with Gasteiger partial charge < -0.3 is 9.72 Å². The first-order valence-electron chi connectivity index (χ1n) is 7.10. The zero-order valence-corrected chi connectivity index (χ0v) is 11.5. The van der Waals surface area contributed by atoms with Crippen molar-refractivity contribution in [2.24, 2.45) is 0 Å². The molecule has 0 spiro atoms. The van der Waals surface area contributed by atoms with Gasteiger partial charge in [-0.15, -0.1) is 0 Å². The lowest BCUT2D eigenvalue weighted by Crippen LogP contribution is -1.97. The maximum atomic E-state index is 5.72. The first-order chi connectivity index (χ1) is 9.93. The van der Waals surface area contributed by atoms with E-state index in [0.717, 1.165) is 19.4 Å². The monoisotopic (exact) mass is 265 g/mol. The summed E-state index contributed by atoms with van der Waals surface area (Å²) in [6.45, 7) is 1.50. The van der Waals surface area contributed by atoms with Crippen LogP contribution in [0.5, 0.6) is 0 Å². The van der Waals surface area contributed by atoms with Crippen LogP contribution in [0.25, 0.3) is 10.9 Å².